The molecular weight excluding hydrogens is 196 g/mol. The van der Waals surface area contributed by atoms with E-state index in [0.717, 1.165) is 17.9 Å². The van der Waals surface area contributed by atoms with Gasteiger partial charge < -0.3 is 9.47 Å². The Morgan fingerprint density at radius 1 is 1.14 bits per heavy atom. The summed E-state index contributed by atoms with van der Waals surface area (Å²) in [6.07, 6.45) is 1.00. The molecule has 0 aliphatic carbocycles. The fourth-order valence-corrected chi connectivity index (χ4v) is 1.38. The van der Waals surface area contributed by atoms with Crippen molar-refractivity contribution in [2.75, 3.05) is 26.1 Å². The smallest absolute Gasteiger partial charge is 0.119 e. The first-order valence-corrected chi connectivity index (χ1v) is 5.31. The molecule has 0 amide bonds. The fourth-order valence-electron chi connectivity index (χ4n) is 1.12. The second-order valence-corrected chi connectivity index (χ2v) is 3.41. The third kappa shape index (κ3) is 4.03. The lowest BCUT2D eigenvalue weighted by atomic mass is 10.2. The van der Waals surface area contributed by atoms with Gasteiger partial charge in [-0.25, -0.2) is 0 Å². The third-order valence-corrected chi connectivity index (χ3v) is 2.10. The standard InChI is InChI=1S/C11H16O2S/c1-12-7-8-13-11-4-2-10(3-5-11)6-9-14/h2-5,14H,6-9H2,1H3. The molecule has 0 aliphatic rings. The van der Waals surface area contributed by atoms with E-state index in [1.807, 2.05) is 12.1 Å². The predicted octanol–water partition coefficient (Wildman–Crippen LogP) is 2.18. The molecule has 0 fully saturated rings. The van der Waals surface area contributed by atoms with Crippen LogP contribution < -0.4 is 4.74 Å². The van der Waals surface area contributed by atoms with E-state index in [2.05, 4.69) is 24.8 Å². The maximum atomic E-state index is 5.44. The van der Waals surface area contributed by atoms with Gasteiger partial charge in [-0.2, -0.15) is 12.6 Å². The van der Waals surface area contributed by atoms with Crippen molar-refractivity contribution in [2.45, 2.75) is 6.42 Å². The lowest BCUT2D eigenvalue weighted by molar-refractivity contribution is 0.146. The number of methoxy groups -OCH3 is 1. The van der Waals surface area contributed by atoms with Crippen LogP contribution in [-0.4, -0.2) is 26.1 Å². The first-order valence-electron chi connectivity index (χ1n) is 4.68. The Kier molecular flexibility index (Phi) is 5.49. The normalized spacial score (nSPS) is 10.1. The Bertz CT molecular complexity index is 246. The van der Waals surface area contributed by atoms with E-state index in [1.165, 1.54) is 5.56 Å². The molecule has 0 heterocycles. The second kappa shape index (κ2) is 6.74. The van der Waals surface area contributed by atoms with Gasteiger partial charge in [0, 0.05) is 7.11 Å². The van der Waals surface area contributed by atoms with E-state index in [9.17, 15) is 0 Å². The van der Waals surface area contributed by atoms with E-state index in [0.29, 0.717) is 13.2 Å². The van der Waals surface area contributed by atoms with Gasteiger partial charge in [-0.15, -0.1) is 0 Å². The maximum Gasteiger partial charge on any atom is 0.119 e. The lowest BCUT2D eigenvalue weighted by Crippen LogP contribution is -2.04. The summed E-state index contributed by atoms with van der Waals surface area (Å²) in [6.45, 7) is 1.22. The molecular formula is C11H16O2S. The highest BCUT2D eigenvalue weighted by molar-refractivity contribution is 7.80. The molecule has 0 saturated heterocycles. The van der Waals surface area contributed by atoms with Crippen LogP contribution in [0.5, 0.6) is 5.75 Å². The minimum atomic E-state index is 0.600. The van der Waals surface area contributed by atoms with Gasteiger partial charge in [-0.1, -0.05) is 12.1 Å². The molecule has 14 heavy (non-hydrogen) atoms. The van der Waals surface area contributed by atoms with Crippen molar-refractivity contribution in [3.05, 3.63) is 29.8 Å². The molecule has 0 radical (unpaired) electrons. The summed E-state index contributed by atoms with van der Waals surface area (Å²) in [4.78, 5) is 0. The molecule has 0 aliphatic heterocycles. The number of aryl methyl sites for hydroxylation is 1. The summed E-state index contributed by atoms with van der Waals surface area (Å²) in [5.41, 5.74) is 1.29. The molecule has 2 nitrogen and oxygen atoms in total. The number of benzene rings is 1. The molecule has 0 bridgehead atoms. The summed E-state index contributed by atoms with van der Waals surface area (Å²) in [7, 11) is 1.67. The Balaban J connectivity index is 2.38. The molecule has 78 valence electrons. The van der Waals surface area contributed by atoms with Crippen molar-refractivity contribution in [2.24, 2.45) is 0 Å². The SMILES string of the molecule is COCCOc1ccc(CCS)cc1. The zero-order valence-electron chi connectivity index (χ0n) is 8.40. The van der Waals surface area contributed by atoms with Gasteiger partial charge in [0.1, 0.15) is 12.4 Å². The van der Waals surface area contributed by atoms with Gasteiger partial charge in [0.2, 0.25) is 0 Å². The highest BCUT2D eigenvalue weighted by Crippen LogP contribution is 2.12. The van der Waals surface area contributed by atoms with Crippen molar-refractivity contribution in [3.63, 3.8) is 0 Å². The molecule has 1 aromatic rings. The monoisotopic (exact) mass is 212 g/mol. The molecule has 0 unspecified atom stereocenters. The van der Waals surface area contributed by atoms with E-state index in [-0.39, 0.29) is 0 Å². The van der Waals surface area contributed by atoms with Gasteiger partial charge in [0.25, 0.3) is 0 Å². The first-order chi connectivity index (χ1) is 6.86. The average molecular weight is 212 g/mol. The van der Waals surface area contributed by atoms with Crippen LogP contribution in [0, 0.1) is 0 Å². The Morgan fingerprint density at radius 3 is 2.43 bits per heavy atom. The van der Waals surface area contributed by atoms with E-state index >= 15 is 0 Å². The highest BCUT2D eigenvalue weighted by Gasteiger charge is 1.94. The van der Waals surface area contributed by atoms with Gasteiger partial charge in [-0.05, 0) is 29.9 Å². The molecule has 0 saturated carbocycles. The third-order valence-electron chi connectivity index (χ3n) is 1.88. The summed E-state index contributed by atoms with van der Waals surface area (Å²) < 4.78 is 10.3. The quantitative estimate of drug-likeness (QED) is 0.575. The zero-order valence-corrected chi connectivity index (χ0v) is 9.30. The molecule has 0 spiro atoms. The number of rotatable bonds is 6. The minimum Gasteiger partial charge on any atom is -0.491 e. The minimum absolute atomic E-state index is 0.600. The zero-order chi connectivity index (χ0) is 10.2. The van der Waals surface area contributed by atoms with Crippen molar-refractivity contribution >= 4 is 12.6 Å². The maximum absolute atomic E-state index is 5.44. The van der Waals surface area contributed by atoms with Crippen LogP contribution >= 0.6 is 12.6 Å². The van der Waals surface area contributed by atoms with Crippen molar-refractivity contribution in [3.8, 4) is 5.75 Å². The van der Waals surface area contributed by atoms with Crippen LogP contribution in [-0.2, 0) is 11.2 Å². The number of hydrogen-bond donors (Lipinski definition) is 1. The second-order valence-electron chi connectivity index (χ2n) is 2.96. The fraction of sp³-hybridized carbons (Fsp3) is 0.455. The van der Waals surface area contributed by atoms with Crippen LogP contribution in [0.15, 0.2) is 24.3 Å². The van der Waals surface area contributed by atoms with E-state index < -0.39 is 0 Å². The predicted molar refractivity (Wildman–Crippen MR) is 61.4 cm³/mol. The van der Waals surface area contributed by atoms with Crippen molar-refractivity contribution in [1.29, 1.82) is 0 Å². The number of ether oxygens (including phenoxy) is 2. The molecule has 0 aromatic heterocycles. The van der Waals surface area contributed by atoms with Crippen LogP contribution in [0.1, 0.15) is 5.56 Å². The largest absolute Gasteiger partial charge is 0.491 e. The highest BCUT2D eigenvalue weighted by atomic mass is 32.1. The lowest BCUT2D eigenvalue weighted by Gasteiger charge is -2.05. The van der Waals surface area contributed by atoms with Crippen LogP contribution in [0.2, 0.25) is 0 Å². The van der Waals surface area contributed by atoms with Gasteiger partial charge in [0.15, 0.2) is 0 Å². The summed E-state index contributed by atoms with van der Waals surface area (Å²) in [6, 6.07) is 8.10. The van der Waals surface area contributed by atoms with Crippen molar-refractivity contribution in [1.82, 2.24) is 0 Å². The topological polar surface area (TPSA) is 18.5 Å². The first kappa shape index (κ1) is 11.4. The average Bonchev–Trinajstić information content (AvgIpc) is 2.21. The summed E-state index contributed by atoms with van der Waals surface area (Å²) >= 11 is 4.18. The Hall–Kier alpha value is -0.670. The van der Waals surface area contributed by atoms with Gasteiger partial charge in [-0.3, -0.25) is 0 Å². The molecule has 0 N–H and O–H groups in total. The molecule has 3 heteroatoms. The van der Waals surface area contributed by atoms with Gasteiger partial charge >= 0.3 is 0 Å². The number of hydrogen-bond acceptors (Lipinski definition) is 3. The Labute approximate surface area is 90.6 Å². The van der Waals surface area contributed by atoms with Gasteiger partial charge in [0.05, 0.1) is 6.61 Å². The molecule has 1 aromatic carbocycles. The Morgan fingerprint density at radius 2 is 1.86 bits per heavy atom. The number of thiol groups is 1. The van der Waals surface area contributed by atoms with E-state index in [1.54, 1.807) is 7.11 Å². The van der Waals surface area contributed by atoms with Crippen molar-refractivity contribution < 1.29 is 9.47 Å². The van der Waals surface area contributed by atoms with E-state index in [4.69, 9.17) is 9.47 Å². The summed E-state index contributed by atoms with van der Waals surface area (Å²) in [5, 5.41) is 0. The van der Waals surface area contributed by atoms with Crippen LogP contribution in [0.4, 0.5) is 0 Å². The van der Waals surface area contributed by atoms with Crippen LogP contribution in [0.25, 0.3) is 0 Å². The molecule has 0 atom stereocenters. The molecule has 1 rings (SSSR count). The van der Waals surface area contributed by atoms with Crippen LogP contribution in [0.3, 0.4) is 0 Å². The summed E-state index contributed by atoms with van der Waals surface area (Å²) in [5.74, 6) is 1.77.